The number of rotatable bonds is 1. The molecular formula is C8H6CrO2. The molecule has 0 unspecified atom stereocenters. The van der Waals surface area contributed by atoms with Crippen LogP contribution in [0, 0.1) is 0 Å². The normalized spacial score (nSPS) is 13.1. The van der Waals surface area contributed by atoms with Crippen LogP contribution in [-0.2, 0) is 15.9 Å². The molecule has 0 radical (unpaired) electrons. The van der Waals surface area contributed by atoms with Gasteiger partial charge in [0, 0.05) is 0 Å². The van der Waals surface area contributed by atoms with E-state index in [0.29, 0.717) is 6.79 Å². The fourth-order valence-electron chi connectivity index (χ4n) is 0.986. The Kier molecular flexibility index (Phi) is 1.69. The van der Waals surface area contributed by atoms with Crippen LogP contribution in [0.4, 0.5) is 0 Å². The van der Waals surface area contributed by atoms with Crippen molar-refractivity contribution in [1.29, 1.82) is 0 Å². The average molecular weight is 186 g/mol. The van der Waals surface area contributed by atoms with Crippen molar-refractivity contribution in [2.75, 3.05) is 6.79 Å². The van der Waals surface area contributed by atoms with E-state index in [-0.39, 0.29) is 0 Å². The van der Waals surface area contributed by atoms with Crippen LogP contribution in [-0.4, -0.2) is 11.7 Å². The van der Waals surface area contributed by atoms with E-state index in [9.17, 15) is 0 Å². The van der Waals surface area contributed by atoms with E-state index < -0.39 is 0 Å². The first-order valence-corrected chi connectivity index (χ1v) is 3.98. The maximum absolute atomic E-state index is 5.18. The second-order valence-corrected chi connectivity index (χ2v) is 2.60. The zero-order valence-electron chi connectivity index (χ0n) is 5.74. The van der Waals surface area contributed by atoms with Crippen molar-refractivity contribution < 1.29 is 25.3 Å². The van der Waals surface area contributed by atoms with Crippen molar-refractivity contribution in [3.63, 3.8) is 0 Å². The van der Waals surface area contributed by atoms with Gasteiger partial charge in [0.15, 0.2) is 0 Å². The minimum absolute atomic E-state index is 0.339. The molecule has 3 heteroatoms. The Hall–Kier alpha value is -0.778. The van der Waals surface area contributed by atoms with Gasteiger partial charge in [0.25, 0.3) is 0 Å². The zero-order valence-corrected chi connectivity index (χ0v) is 7.02. The summed E-state index contributed by atoms with van der Waals surface area (Å²) in [5, 5.41) is 0. The molecule has 0 aliphatic carbocycles. The topological polar surface area (TPSA) is 18.5 Å². The van der Waals surface area contributed by atoms with Crippen LogP contribution in [0.1, 0.15) is 5.56 Å². The van der Waals surface area contributed by atoms with Crippen LogP contribution < -0.4 is 9.47 Å². The van der Waals surface area contributed by atoms with Crippen LogP contribution in [0.15, 0.2) is 18.2 Å². The van der Waals surface area contributed by atoms with Gasteiger partial charge in [0.2, 0.25) is 0 Å². The molecule has 1 aromatic carbocycles. The van der Waals surface area contributed by atoms with Crippen molar-refractivity contribution in [2.45, 2.75) is 0 Å². The average Bonchev–Trinajstić information content (AvgIpc) is 2.50. The first-order chi connectivity index (χ1) is 5.40. The summed E-state index contributed by atoms with van der Waals surface area (Å²) in [6.07, 6.45) is 0. The van der Waals surface area contributed by atoms with Crippen molar-refractivity contribution in [3.8, 4) is 11.5 Å². The number of ether oxygens (including phenoxy) is 2. The van der Waals surface area contributed by atoms with Gasteiger partial charge in [-0.05, 0) is 0 Å². The van der Waals surface area contributed by atoms with Gasteiger partial charge in [-0.1, -0.05) is 0 Å². The SMILES string of the molecule is [Cr]=[CH]c1ccc2c(c1)OCO2. The maximum atomic E-state index is 5.18. The molecule has 1 aliphatic rings. The Morgan fingerprint density at radius 1 is 1.27 bits per heavy atom. The van der Waals surface area contributed by atoms with Gasteiger partial charge in [-0.25, -0.2) is 0 Å². The second kappa shape index (κ2) is 2.69. The van der Waals surface area contributed by atoms with Crippen molar-refractivity contribution in [3.05, 3.63) is 23.8 Å². The minimum atomic E-state index is 0.339. The first-order valence-electron chi connectivity index (χ1n) is 3.25. The third-order valence-corrected chi connectivity index (χ3v) is 1.96. The third-order valence-electron chi connectivity index (χ3n) is 1.53. The fourth-order valence-corrected chi connectivity index (χ4v) is 1.22. The quantitative estimate of drug-likeness (QED) is 0.654. The molecule has 0 N–H and O–H groups in total. The predicted molar refractivity (Wildman–Crippen MR) is 37.7 cm³/mol. The first kappa shape index (κ1) is 6.90. The molecule has 0 spiro atoms. The molecule has 11 heavy (non-hydrogen) atoms. The standard InChI is InChI=1S/C8H6O2.Cr/c1-6-2-3-7-8(4-6)10-5-9-7;/h1-4H,5H2;. The van der Waals surface area contributed by atoms with Gasteiger partial charge in [-0.3, -0.25) is 0 Å². The third kappa shape index (κ3) is 1.18. The number of hydrogen-bond donors (Lipinski definition) is 0. The molecule has 0 aromatic heterocycles. The van der Waals surface area contributed by atoms with Crippen molar-refractivity contribution in [1.82, 2.24) is 0 Å². The fraction of sp³-hybridized carbons (Fsp3) is 0.125. The zero-order chi connectivity index (χ0) is 7.68. The molecule has 0 saturated heterocycles. The molecule has 2 nitrogen and oxygen atoms in total. The summed E-state index contributed by atoms with van der Waals surface area (Å²) in [4.78, 5) is 1.90. The summed E-state index contributed by atoms with van der Waals surface area (Å²) < 4.78 is 10.3. The molecule has 1 heterocycles. The molecule has 1 aliphatic heterocycles. The molecule has 0 fully saturated rings. The van der Waals surface area contributed by atoms with E-state index in [1.54, 1.807) is 0 Å². The molecule has 2 rings (SSSR count). The van der Waals surface area contributed by atoms with Gasteiger partial charge >= 0.3 is 72.3 Å². The molecule has 0 atom stereocenters. The summed E-state index contributed by atoms with van der Waals surface area (Å²) in [7, 11) is 0. The van der Waals surface area contributed by atoms with E-state index >= 15 is 0 Å². The number of fused-ring (bicyclic) bond motifs is 1. The van der Waals surface area contributed by atoms with Gasteiger partial charge in [0.1, 0.15) is 0 Å². The molecule has 56 valence electrons. The summed E-state index contributed by atoms with van der Waals surface area (Å²) in [6.45, 7) is 0.339. The number of hydrogen-bond acceptors (Lipinski definition) is 2. The molecule has 0 amide bonds. The Morgan fingerprint density at radius 2 is 2.09 bits per heavy atom. The summed E-state index contributed by atoms with van der Waals surface area (Å²) >= 11 is 2.83. The summed E-state index contributed by atoms with van der Waals surface area (Å²) in [6, 6.07) is 5.83. The Bertz CT molecular complexity index is 296. The van der Waals surface area contributed by atoms with Crippen molar-refractivity contribution in [2.24, 2.45) is 0 Å². The summed E-state index contributed by atoms with van der Waals surface area (Å²) in [5.41, 5.74) is 1.11. The van der Waals surface area contributed by atoms with E-state index in [2.05, 4.69) is 15.9 Å². The van der Waals surface area contributed by atoms with E-state index in [0.717, 1.165) is 17.1 Å². The van der Waals surface area contributed by atoms with E-state index in [1.165, 1.54) is 0 Å². The van der Waals surface area contributed by atoms with Crippen LogP contribution in [0.25, 0.3) is 0 Å². The van der Waals surface area contributed by atoms with E-state index in [1.807, 2.05) is 23.1 Å². The summed E-state index contributed by atoms with van der Waals surface area (Å²) in [5.74, 6) is 1.66. The van der Waals surface area contributed by atoms with Crippen LogP contribution >= 0.6 is 0 Å². The number of benzene rings is 1. The van der Waals surface area contributed by atoms with Crippen LogP contribution in [0.3, 0.4) is 0 Å². The van der Waals surface area contributed by atoms with Gasteiger partial charge in [0.05, 0.1) is 0 Å². The molecule has 0 saturated carbocycles. The molecule has 0 bridgehead atoms. The van der Waals surface area contributed by atoms with Gasteiger partial charge < -0.3 is 0 Å². The monoisotopic (exact) mass is 186 g/mol. The second-order valence-electron chi connectivity index (χ2n) is 2.23. The Morgan fingerprint density at radius 3 is 2.91 bits per heavy atom. The predicted octanol–water partition coefficient (Wildman–Crippen LogP) is 1.11. The van der Waals surface area contributed by atoms with Gasteiger partial charge in [-0.2, -0.15) is 0 Å². The Labute approximate surface area is 72.7 Å². The molecular weight excluding hydrogens is 180 g/mol. The molecule has 1 aromatic rings. The van der Waals surface area contributed by atoms with Crippen LogP contribution in [0.2, 0.25) is 0 Å². The Balaban J connectivity index is 2.48. The van der Waals surface area contributed by atoms with Crippen LogP contribution in [0.5, 0.6) is 11.5 Å². The van der Waals surface area contributed by atoms with E-state index in [4.69, 9.17) is 9.47 Å². The van der Waals surface area contributed by atoms with Crippen molar-refractivity contribution >= 4 is 4.88 Å². The van der Waals surface area contributed by atoms with Gasteiger partial charge in [-0.15, -0.1) is 0 Å².